The van der Waals surface area contributed by atoms with Crippen LogP contribution in [0.4, 0.5) is 5.00 Å². The van der Waals surface area contributed by atoms with Crippen molar-refractivity contribution in [2.45, 2.75) is 40.0 Å². The minimum atomic E-state index is -0.539. The maximum absolute atomic E-state index is 13.0. The number of primary amides is 1. The van der Waals surface area contributed by atoms with Crippen LogP contribution in [0, 0.1) is 11.3 Å². The largest absolute Gasteiger partial charge is 0.494 e. The number of thiophene rings is 1. The number of anilines is 1. The molecule has 29 heavy (non-hydrogen) atoms. The van der Waals surface area contributed by atoms with Crippen LogP contribution >= 0.6 is 34.5 Å². The zero-order chi connectivity index (χ0) is 21.5. The number of amides is 2. The Hall–Kier alpha value is -1.76. The molecule has 0 bridgehead atoms. The van der Waals surface area contributed by atoms with Gasteiger partial charge < -0.3 is 15.8 Å². The number of hydrogen-bond acceptors (Lipinski definition) is 4. The van der Waals surface area contributed by atoms with Gasteiger partial charge in [-0.3, -0.25) is 9.59 Å². The van der Waals surface area contributed by atoms with E-state index in [4.69, 9.17) is 33.7 Å². The van der Waals surface area contributed by atoms with E-state index >= 15 is 0 Å². The molecule has 8 heteroatoms. The second kappa shape index (κ2) is 8.17. The van der Waals surface area contributed by atoms with E-state index in [1.165, 1.54) is 30.6 Å². The van der Waals surface area contributed by atoms with Crippen molar-refractivity contribution in [3.05, 3.63) is 43.7 Å². The fraction of sp³-hybridized carbons (Fsp3) is 0.429. The number of carbonyl (C=O) groups excluding carboxylic acids is 2. The average molecular weight is 455 g/mol. The van der Waals surface area contributed by atoms with Crippen LogP contribution in [0.25, 0.3) is 0 Å². The van der Waals surface area contributed by atoms with Gasteiger partial charge in [0.25, 0.3) is 11.8 Å². The smallest absolute Gasteiger partial charge is 0.260 e. The molecular formula is C21H24Cl2N2O3S. The molecule has 0 unspecified atom stereocenters. The molecule has 1 aromatic carbocycles. The second-order valence-electron chi connectivity index (χ2n) is 8.30. The van der Waals surface area contributed by atoms with Gasteiger partial charge in [0.1, 0.15) is 10.8 Å². The number of halogens is 2. The van der Waals surface area contributed by atoms with E-state index in [9.17, 15) is 9.59 Å². The van der Waals surface area contributed by atoms with Crippen LogP contribution in [0.5, 0.6) is 5.75 Å². The summed E-state index contributed by atoms with van der Waals surface area (Å²) in [6, 6.07) is 2.98. The zero-order valence-corrected chi connectivity index (χ0v) is 19.1. The van der Waals surface area contributed by atoms with Gasteiger partial charge in [0.05, 0.1) is 23.3 Å². The highest BCUT2D eigenvalue weighted by molar-refractivity contribution is 7.17. The van der Waals surface area contributed by atoms with Gasteiger partial charge in [0.15, 0.2) is 0 Å². The van der Waals surface area contributed by atoms with E-state index in [0.717, 1.165) is 29.7 Å². The first-order valence-corrected chi connectivity index (χ1v) is 10.9. The number of nitrogens with one attached hydrogen (secondary N) is 1. The number of nitrogens with two attached hydrogens (primary N) is 1. The molecule has 2 amide bonds. The molecule has 0 aliphatic heterocycles. The monoisotopic (exact) mass is 454 g/mol. The highest BCUT2D eigenvalue weighted by atomic mass is 35.5. The summed E-state index contributed by atoms with van der Waals surface area (Å²) in [5.74, 6) is -0.268. The summed E-state index contributed by atoms with van der Waals surface area (Å²) in [5.41, 5.74) is 7.39. The molecule has 0 fully saturated rings. The van der Waals surface area contributed by atoms with E-state index in [1.807, 2.05) is 0 Å². The predicted molar refractivity (Wildman–Crippen MR) is 119 cm³/mol. The van der Waals surface area contributed by atoms with Crippen LogP contribution < -0.4 is 15.8 Å². The SMILES string of the molecule is COc1c(Cl)cc(Cl)cc1C(=O)Nc1sc2c(c1C(N)=O)CC[C@@H](C(C)(C)C)C2. The predicted octanol–water partition coefficient (Wildman–Crippen LogP) is 5.57. The highest BCUT2D eigenvalue weighted by Gasteiger charge is 2.33. The van der Waals surface area contributed by atoms with Gasteiger partial charge in [-0.15, -0.1) is 11.3 Å². The molecule has 1 aromatic heterocycles. The van der Waals surface area contributed by atoms with Crippen LogP contribution in [-0.4, -0.2) is 18.9 Å². The Bertz CT molecular complexity index is 979. The number of hydrogen-bond donors (Lipinski definition) is 2. The summed E-state index contributed by atoms with van der Waals surface area (Å²) in [7, 11) is 1.43. The number of methoxy groups -OCH3 is 1. The zero-order valence-electron chi connectivity index (χ0n) is 16.8. The topological polar surface area (TPSA) is 81.4 Å². The molecule has 5 nitrogen and oxygen atoms in total. The second-order valence-corrected chi connectivity index (χ2v) is 10.2. The molecular weight excluding hydrogens is 431 g/mol. The number of ether oxygens (including phenoxy) is 1. The minimum Gasteiger partial charge on any atom is -0.494 e. The maximum Gasteiger partial charge on any atom is 0.260 e. The molecule has 1 heterocycles. The summed E-state index contributed by atoms with van der Waals surface area (Å²) in [4.78, 5) is 26.3. The first-order valence-electron chi connectivity index (χ1n) is 9.31. The van der Waals surface area contributed by atoms with Crippen molar-refractivity contribution >= 4 is 51.4 Å². The summed E-state index contributed by atoms with van der Waals surface area (Å²) in [6.07, 6.45) is 2.62. The Morgan fingerprint density at radius 2 is 1.97 bits per heavy atom. The number of fused-ring (bicyclic) bond motifs is 1. The van der Waals surface area contributed by atoms with Gasteiger partial charge in [-0.1, -0.05) is 44.0 Å². The molecule has 3 N–H and O–H groups in total. The number of benzene rings is 1. The Morgan fingerprint density at radius 1 is 1.28 bits per heavy atom. The lowest BCUT2D eigenvalue weighted by Crippen LogP contribution is -2.27. The molecule has 1 aliphatic rings. The third-order valence-corrected chi connectivity index (χ3v) is 7.09. The van der Waals surface area contributed by atoms with E-state index in [0.29, 0.717) is 21.5 Å². The number of carbonyl (C=O) groups is 2. The third kappa shape index (κ3) is 4.39. The van der Waals surface area contributed by atoms with Crippen molar-refractivity contribution in [2.75, 3.05) is 12.4 Å². The third-order valence-electron chi connectivity index (χ3n) is 5.42. The average Bonchev–Trinajstić information content (AvgIpc) is 2.97. The Balaban J connectivity index is 1.98. The van der Waals surface area contributed by atoms with Gasteiger partial charge >= 0.3 is 0 Å². The van der Waals surface area contributed by atoms with E-state index in [1.54, 1.807) is 0 Å². The van der Waals surface area contributed by atoms with Crippen LogP contribution in [-0.2, 0) is 12.8 Å². The summed E-state index contributed by atoms with van der Waals surface area (Å²) < 4.78 is 5.26. The lowest BCUT2D eigenvalue weighted by atomic mass is 9.72. The highest BCUT2D eigenvalue weighted by Crippen LogP contribution is 2.44. The summed E-state index contributed by atoms with van der Waals surface area (Å²) >= 11 is 13.6. The molecule has 1 aliphatic carbocycles. The van der Waals surface area contributed by atoms with Crippen LogP contribution in [0.15, 0.2) is 12.1 Å². The number of rotatable bonds is 4. The van der Waals surface area contributed by atoms with Crippen LogP contribution in [0.2, 0.25) is 10.0 Å². The van der Waals surface area contributed by atoms with E-state index in [2.05, 4.69) is 26.1 Å². The maximum atomic E-state index is 13.0. The van der Waals surface area contributed by atoms with Crippen LogP contribution in [0.1, 0.15) is 58.3 Å². The molecule has 2 aromatic rings. The Morgan fingerprint density at radius 3 is 2.55 bits per heavy atom. The van der Waals surface area contributed by atoms with E-state index < -0.39 is 11.8 Å². The minimum absolute atomic E-state index is 0.170. The van der Waals surface area contributed by atoms with Gasteiger partial charge in [-0.2, -0.15) is 0 Å². The standard InChI is InChI=1S/C21H24Cl2N2O3S/c1-21(2,3)10-5-6-12-15(7-10)29-20(16(12)18(24)26)25-19(27)13-8-11(22)9-14(23)17(13)28-4/h8-10H,5-7H2,1-4H3,(H2,24,26)(H,25,27)/t10-/m1/s1. The van der Waals surface area contributed by atoms with Crippen molar-refractivity contribution in [1.29, 1.82) is 0 Å². The first kappa shape index (κ1) is 21.9. The summed E-state index contributed by atoms with van der Waals surface area (Å²) in [5, 5.41) is 3.84. The van der Waals surface area contributed by atoms with Gasteiger partial charge in [-0.25, -0.2) is 0 Å². The van der Waals surface area contributed by atoms with E-state index in [-0.39, 0.29) is 21.8 Å². The lowest BCUT2D eigenvalue weighted by molar-refractivity contribution is 0.1000. The quantitative estimate of drug-likeness (QED) is 0.633. The fourth-order valence-corrected chi connectivity index (χ4v) is 5.68. The Labute approximate surface area is 184 Å². The Kier molecular flexibility index (Phi) is 6.18. The lowest BCUT2D eigenvalue weighted by Gasteiger charge is -2.33. The van der Waals surface area contributed by atoms with Crippen molar-refractivity contribution in [2.24, 2.45) is 17.1 Å². The molecule has 0 saturated carbocycles. The van der Waals surface area contributed by atoms with Gasteiger partial charge in [0.2, 0.25) is 0 Å². The van der Waals surface area contributed by atoms with Crippen molar-refractivity contribution in [1.82, 2.24) is 0 Å². The van der Waals surface area contributed by atoms with Crippen molar-refractivity contribution in [3.63, 3.8) is 0 Å². The molecule has 0 saturated heterocycles. The van der Waals surface area contributed by atoms with Gasteiger partial charge in [0, 0.05) is 9.90 Å². The van der Waals surface area contributed by atoms with Gasteiger partial charge in [-0.05, 0) is 48.3 Å². The molecule has 1 atom stereocenters. The van der Waals surface area contributed by atoms with Crippen molar-refractivity contribution < 1.29 is 14.3 Å². The normalized spacial score (nSPS) is 16.3. The molecule has 156 valence electrons. The molecule has 0 spiro atoms. The molecule has 0 radical (unpaired) electrons. The fourth-order valence-electron chi connectivity index (χ4n) is 3.78. The first-order chi connectivity index (χ1) is 13.5. The van der Waals surface area contributed by atoms with Crippen LogP contribution in [0.3, 0.4) is 0 Å². The van der Waals surface area contributed by atoms with Crippen molar-refractivity contribution in [3.8, 4) is 5.75 Å². The molecule has 3 rings (SSSR count). The summed E-state index contributed by atoms with van der Waals surface area (Å²) in [6.45, 7) is 6.68.